The summed E-state index contributed by atoms with van der Waals surface area (Å²) in [5.74, 6) is 0.782. The van der Waals surface area contributed by atoms with Gasteiger partial charge in [0.2, 0.25) is 0 Å². The van der Waals surface area contributed by atoms with E-state index in [2.05, 4.69) is 0 Å². The SMILES string of the molecule is COC(=O)c1ccc(OC)c(OC2CCCC(N)C2)c1. The number of benzene rings is 1. The second-order valence-corrected chi connectivity index (χ2v) is 5.02. The molecule has 0 aromatic heterocycles. The van der Waals surface area contributed by atoms with E-state index in [1.807, 2.05) is 0 Å². The Morgan fingerprint density at radius 1 is 1.25 bits per heavy atom. The Hall–Kier alpha value is -1.75. The largest absolute Gasteiger partial charge is 0.493 e. The van der Waals surface area contributed by atoms with Gasteiger partial charge in [0, 0.05) is 6.04 Å². The van der Waals surface area contributed by atoms with E-state index < -0.39 is 5.97 Å². The van der Waals surface area contributed by atoms with Gasteiger partial charge in [-0.15, -0.1) is 0 Å². The molecular formula is C15H21NO4. The molecule has 0 heterocycles. The molecule has 0 amide bonds. The predicted molar refractivity (Wildman–Crippen MR) is 75.2 cm³/mol. The highest BCUT2D eigenvalue weighted by Gasteiger charge is 2.22. The molecule has 5 heteroatoms. The maximum atomic E-state index is 11.6. The van der Waals surface area contributed by atoms with Crippen LogP contribution >= 0.6 is 0 Å². The number of hydrogen-bond acceptors (Lipinski definition) is 5. The maximum Gasteiger partial charge on any atom is 0.337 e. The van der Waals surface area contributed by atoms with Crippen molar-refractivity contribution in [3.05, 3.63) is 23.8 Å². The predicted octanol–water partition coefficient (Wildman–Crippen LogP) is 2.13. The molecule has 2 rings (SSSR count). The van der Waals surface area contributed by atoms with Crippen molar-refractivity contribution in [2.75, 3.05) is 14.2 Å². The van der Waals surface area contributed by atoms with Gasteiger partial charge in [0.25, 0.3) is 0 Å². The summed E-state index contributed by atoms with van der Waals surface area (Å²) < 4.78 is 16.0. The van der Waals surface area contributed by atoms with Crippen LogP contribution in [0.1, 0.15) is 36.0 Å². The Labute approximate surface area is 119 Å². The van der Waals surface area contributed by atoms with E-state index >= 15 is 0 Å². The fourth-order valence-electron chi connectivity index (χ4n) is 2.48. The topological polar surface area (TPSA) is 70.8 Å². The minimum atomic E-state index is -0.391. The molecule has 2 N–H and O–H groups in total. The molecule has 1 aromatic rings. The molecule has 1 aliphatic rings. The molecule has 0 aliphatic heterocycles. The molecule has 1 aliphatic carbocycles. The molecule has 110 valence electrons. The van der Waals surface area contributed by atoms with Crippen molar-refractivity contribution in [2.24, 2.45) is 5.73 Å². The molecule has 1 saturated carbocycles. The molecule has 0 radical (unpaired) electrons. The third-order valence-electron chi connectivity index (χ3n) is 3.55. The molecular weight excluding hydrogens is 258 g/mol. The summed E-state index contributed by atoms with van der Waals surface area (Å²) in [5.41, 5.74) is 6.41. The first-order valence-corrected chi connectivity index (χ1v) is 6.82. The summed E-state index contributed by atoms with van der Waals surface area (Å²) >= 11 is 0. The zero-order valence-electron chi connectivity index (χ0n) is 11.9. The van der Waals surface area contributed by atoms with Crippen molar-refractivity contribution in [3.8, 4) is 11.5 Å². The lowest BCUT2D eigenvalue weighted by atomic mass is 9.93. The van der Waals surface area contributed by atoms with Crippen molar-refractivity contribution in [2.45, 2.75) is 37.8 Å². The van der Waals surface area contributed by atoms with Gasteiger partial charge in [-0.3, -0.25) is 0 Å². The summed E-state index contributed by atoms with van der Waals surface area (Å²) in [6, 6.07) is 5.21. The van der Waals surface area contributed by atoms with Crippen molar-refractivity contribution in [1.82, 2.24) is 0 Å². The summed E-state index contributed by atoms with van der Waals surface area (Å²) in [5, 5.41) is 0. The number of ether oxygens (including phenoxy) is 3. The standard InChI is InChI=1S/C15H21NO4/c1-18-13-7-6-10(15(17)19-2)8-14(13)20-12-5-3-4-11(16)9-12/h6-8,11-12H,3-5,9,16H2,1-2H3. The molecule has 0 bridgehead atoms. The highest BCUT2D eigenvalue weighted by molar-refractivity contribution is 5.90. The first kappa shape index (κ1) is 14.7. The van der Waals surface area contributed by atoms with E-state index in [9.17, 15) is 4.79 Å². The average molecular weight is 279 g/mol. The van der Waals surface area contributed by atoms with Gasteiger partial charge < -0.3 is 19.9 Å². The zero-order valence-corrected chi connectivity index (χ0v) is 11.9. The Bertz CT molecular complexity index is 475. The highest BCUT2D eigenvalue weighted by Crippen LogP contribution is 2.32. The maximum absolute atomic E-state index is 11.6. The Morgan fingerprint density at radius 3 is 2.70 bits per heavy atom. The van der Waals surface area contributed by atoms with E-state index in [1.165, 1.54) is 7.11 Å². The van der Waals surface area contributed by atoms with Crippen LogP contribution in [-0.4, -0.2) is 32.3 Å². The fourth-order valence-corrected chi connectivity index (χ4v) is 2.48. The van der Waals surface area contributed by atoms with E-state index in [4.69, 9.17) is 19.9 Å². The van der Waals surface area contributed by atoms with Crippen molar-refractivity contribution in [3.63, 3.8) is 0 Å². The van der Waals surface area contributed by atoms with Gasteiger partial charge in [0.15, 0.2) is 11.5 Å². The Morgan fingerprint density at radius 2 is 2.05 bits per heavy atom. The van der Waals surface area contributed by atoms with Crippen LogP contribution in [0, 0.1) is 0 Å². The number of esters is 1. The van der Waals surface area contributed by atoms with Gasteiger partial charge in [-0.25, -0.2) is 4.79 Å². The minimum Gasteiger partial charge on any atom is -0.493 e. The van der Waals surface area contributed by atoms with Gasteiger partial charge >= 0.3 is 5.97 Å². The monoisotopic (exact) mass is 279 g/mol. The quantitative estimate of drug-likeness (QED) is 0.855. The summed E-state index contributed by atoms with van der Waals surface area (Å²) in [6.07, 6.45) is 3.97. The number of carbonyl (C=O) groups excluding carboxylic acids is 1. The number of methoxy groups -OCH3 is 2. The van der Waals surface area contributed by atoms with Crippen molar-refractivity contribution < 1.29 is 19.0 Å². The minimum absolute atomic E-state index is 0.0700. The summed E-state index contributed by atoms with van der Waals surface area (Å²) in [7, 11) is 2.93. The number of hydrogen-bond donors (Lipinski definition) is 1. The van der Waals surface area contributed by atoms with Gasteiger partial charge in [-0.1, -0.05) is 0 Å². The lowest BCUT2D eigenvalue weighted by Gasteiger charge is -2.27. The molecule has 2 unspecified atom stereocenters. The number of rotatable bonds is 4. The molecule has 2 atom stereocenters. The average Bonchev–Trinajstić information content (AvgIpc) is 2.46. The number of carbonyl (C=O) groups is 1. The third kappa shape index (κ3) is 3.42. The van der Waals surface area contributed by atoms with Crippen LogP contribution in [0.4, 0.5) is 0 Å². The smallest absolute Gasteiger partial charge is 0.337 e. The zero-order chi connectivity index (χ0) is 14.5. The van der Waals surface area contributed by atoms with Crippen LogP contribution in [0.5, 0.6) is 11.5 Å². The number of nitrogens with two attached hydrogens (primary N) is 1. The van der Waals surface area contributed by atoms with Gasteiger partial charge in [-0.2, -0.15) is 0 Å². The molecule has 20 heavy (non-hydrogen) atoms. The van der Waals surface area contributed by atoms with Crippen LogP contribution in [-0.2, 0) is 4.74 Å². The van der Waals surface area contributed by atoms with Gasteiger partial charge in [0.1, 0.15) is 6.10 Å². The summed E-state index contributed by atoms with van der Waals surface area (Å²) in [6.45, 7) is 0. The van der Waals surface area contributed by atoms with Crippen LogP contribution in [0.3, 0.4) is 0 Å². The van der Waals surface area contributed by atoms with Crippen molar-refractivity contribution >= 4 is 5.97 Å². The first-order valence-electron chi connectivity index (χ1n) is 6.82. The second kappa shape index (κ2) is 6.61. The van der Waals surface area contributed by atoms with E-state index in [-0.39, 0.29) is 12.1 Å². The lowest BCUT2D eigenvalue weighted by molar-refractivity contribution is 0.0599. The molecule has 5 nitrogen and oxygen atoms in total. The van der Waals surface area contributed by atoms with Crippen LogP contribution in [0.2, 0.25) is 0 Å². The van der Waals surface area contributed by atoms with Crippen LogP contribution in [0.25, 0.3) is 0 Å². The van der Waals surface area contributed by atoms with Gasteiger partial charge in [-0.05, 0) is 43.9 Å². The Balaban J connectivity index is 2.17. The fraction of sp³-hybridized carbons (Fsp3) is 0.533. The second-order valence-electron chi connectivity index (χ2n) is 5.02. The third-order valence-corrected chi connectivity index (χ3v) is 3.55. The van der Waals surface area contributed by atoms with Crippen molar-refractivity contribution in [1.29, 1.82) is 0 Å². The molecule has 0 spiro atoms. The van der Waals surface area contributed by atoms with Crippen LogP contribution < -0.4 is 15.2 Å². The lowest BCUT2D eigenvalue weighted by Crippen LogP contribution is -2.33. The highest BCUT2D eigenvalue weighted by atomic mass is 16.5. The normalized spacial score (nSPS) is 22.1. The van der Waals surface area contributed by atoms with Gasteiger partial charge in [0.05, 0.1) is 19.8 Å². The molecule has 0 saturated heterocycles. The molecule has 1 fully saturated rings. The van der Waals surface area contributed by atoms with Crippen LogP contribution in [0.15, 0.2) is 18.2 Å². The van der Waals surface area contributed by atoms with E-state index in [0.717, 1.165) is 25.7 Å². The summed E-state index contributed by atoms with van der Waals surface area (Å²) in [4.78, 5) is 11.6. The van der Waals surface area contributed by atoms with E-state index in [0.29, 0.717) is 17.1 Å². The van der Waals surface area contributed by atoms with E-state index in [1.54, 1.807) is 25.3 Å². The first-order chi connectivity index (χ1) is 9.63. The molecule has 1 aromatic carbocycles. The Kier molecular flexibility index (Phi) is 4.84.